The summed E-state index contributed by atoms with van der Waals surface area (Å²) in [6.07, 6.45) is 5.42. The lowest BCUT2D eigenvalue weighted by Crippen LogP contribution is -2.40. The molecule has 3 rings (SSSR count). The monoisotopic (exact) mass is 450 g/mol. The molecule has 0 unspecified atom stereocenters. The molecule has 27 heavy (non-hydrogen) atoms. The van der Waals surface area contributed by atoms with E-state index < -0.39 is 0 Å². The Bertz CT molecular complexity index is 758. The van der Waals surface area contributed by atoms with Gasteiger partial charge in [-0.05, 0) is 75.2 Å². The molecule has 1 aliphatic heterocycles. The molecule has 1 saturated heterocycles. The third-order valence-corrected chi connectivity index (χ3v) is 7.02. The van der Waals surface area contributed by atoms with Crippen LogP contribution < -0.4 is 5.32 Å². The maximum Gasteiger partial charge on any atom is 0.230 e. The van der Waals surface area contributed by atoms with E-state index in [9.17, 15) is 4.79 Å². The number of benzene rings is 1. The Morgan fingerprint density at radius 1 is 1.26 bits per heavy atom. The average Bonchev–Trinajstić information content (AvgIpc) is 3.19. The number of hydrogen-bond donors (Lipinski definition) is 1. The smallest absolute Gasteiger partial charge is 0.230 e. The summed E-state index contributed by atoms with van der Waals surface area (Å²) in [4.78, 5) is 16.0. The van der Waals surface area contributed by atoms with Gasteiger partial charge < -0.3 is 9.73 Å². The first-order valence-electron chi connectivity index (χ1n) is 9.48. The minimum atomic E-state index is 0.0635. The van der Waals surface area contributed by atoms with Gasteiger partial charge in [-0.15, -0.1) is 11.8 Å². The fourth-order valence-electron chi connectivity index (χ4n) is 3.44. The summed E-state index contributed by atoms with van der Waals surface area (Å²) in [5.74, 6) is 1.42. The molecular formula is C21H27BrN2O2S. The van der Waals surface area contributed by atoms with Crippen LogP contribution in [0, 0.1) is 13.8 Å². The molecule has 1 aliphatic rings. The normalized spacial score (nSPS) is 16.3. The maximum atomic E-state index is 12.4. The number of aryl methyl sites for hydroxylation is 2. The molecule has 0 aliphatic carbocycles. The van der Waals surface area contributed by atoms with Crippen LogP contribution in [0.3, 0.4) is 0 Å². The number of halogens is 1. The molecule has 1 fully saturated rings. The summed E-state index contributed by atoms with van der Waals surface area (Å²) in [6.45, 7) is 6.86. The molecule has 0 spiro atoms. The lowest BCUT2D eigenvalue weighted by atomic mass is 10.1. The molecular weight excluding hydrogens is 424 g/mol. The zero-order chi connectivity index (χ0) is 19.2. The van der Waals surface area contributed by atoms with Crippen LogP contribution in [0.25, 0.3) is 0 Å². The summed E-state index contributed by atoms with van der Waals surface area (Å²) >= 11 is 5.15. The molecule has 1 atom stereocenters. The number of nitrogens with one attached hydrogen (secondary N) is 1. The van der Waals surface area contributed by atoms with Gasteiger partial charge in [0.2, 0.25) is 5.91 Å². The van der Waals surface area contributed by atoms with E-state index in [1.807, 2.05) is 12.1 Å². The van der Waals surface area contributed by atoms with Gasteiger partial charge in [-0.3, -0.25) is 9.69 Å². The van der Waals surface area contributed by atoms with E-state index >= 15 is 0 Å². The number of carbonyl (C=O) groups is 1. The van der Waals surface area contributed by atoms with Crippen molar-refractivity contribution < 1.29 is 9.21 Å². The third kappa shape index (κ3) is 5.62. The van der Waals surface area contributed by atoms with Gasteiger partial charge in [-0.2, -0.15) is 0 Å². The highest BCUT2D eigenvalue weighted by Gasteiger charge is 2.24. The van der Waals surface area contributed by atoms with Gasteiger partial charge in [0, 0.05) is 15.9 Å². The Hall–Kier alpha value is -1.24. The van der Waals surface area contributed by atoms with Gasteiger partial charge in [0.1, 0.15) is 5.76 Å². The number of nitrogens with zero attached hydrogens (tertiary/aromatic N) is 1. The van der Waals surface area contributed by atoms with Crippen molar-refractivity contribution in [2.24, 2.45) is 0 Å². The first-order valence-corrected chi connectivity index (χ1v) is 11.3. The molecule has 1 N–H and O–H groups in total. The highest BCUT2D eigenvalue weighted by atomic mass is 79.9. The van der Waals surface area contributed by atoms with Crippen molar-refractivity contribution in [3.8, 4) is 0 Å². The predicted octanol–water partition coefficient (Wildman–Crippen LogP) is 5.09. The third-order valence-electron chi connectivity index (χ3n) is 5.01. The minimum Gasteiger partial charge on any atom is -0.468 e. The van der Waals surface area contributed by atoms with Gasteiger partial charge in [0.15, 0.2) is 0 Å². The van der Waals surface area contributed by atoms with Gasteiger partial charge in [-0.1, -0.05) is 22.4 Å². The van der Waals surface area contributed by atoms with Crippen LogP contribution in [0.5, 0.6) is 0 Å². The largest absolute Gasteiger partial charge is 0.468 e. The fraction of sp³-hybridized carbons (Fsp3) is 0.476. The first kappa shape index (κ1) is 20.5. The highest BCUT2D eigenvalue weighted by Crippen LogP contribution is 2.28. The summed E-state index contributed by atoms with van der Waals surface area (Å²) in [7, 11) is 0. The summed E-state index contributed by atoms with van der Waals surface area (Å²) in [6, 6.07) is 8.29. The SMILES string of the molecule is Cc1cc(SCC(=O)NC[C@H](c2ccco2)N2CCCCC2)c(C)cc1Br. The van der Waals surface area contributed by atoms with Crippen LogP contribution in [0.2, 0.25) is 0 Å². The summed E-state index contributed by atoms with van der Waals surface area (Å²) < 4.78 is 6.76. The Morgan fingerprint density at radius 3 is 2.74 bits per heavy atom. The molecule has 0 saturated carbocycles. The van der Waals surface area contributed by atoms with Gasteiger partial charge in [0.25, 0.3) is 0 Å². The van der Waals surface area contributed by atoms with E-state index in [-0.39, 0.29) is 11.9 Å². The number of likely N-dealkylation sites (tertiary alicyclic amines) is 1. The molecule has 0 bridgehead atoms. The second-order valence-electron chi connectivity index (χ2n) is 7.09. The second-order valence-corrected chi connectivity index (χ2v) is 8.96. The maximum absolute atomic E-state index is 12.4. The number of amides is 1. The molecule has 1 aromatic carbocycles. The number of piperidine rings is 1. The summed E-state index contributed by atoms with van der Waals surface area (Å²) in [5, 5.41) is 3.11. The number of hydrogen-bond acceptors (Lipinski definition) is 4. The van der Waals surface area contributed by atoms with Crippen LogP contribution in [-0.2, 0) is 4.79 Å². The van der Waals surface area contributed by atoms with E-state index in [4.69, 9.17) is 4.42 Å². The average molecular weight is 451 g/mol. The van der Waals surface area contributed by atoms with E-state index in [1.165, 1.54) is 30.4 Å². The molecule has 2 aromatic rings. The fourth-order valence-corrected chi connectivity index (χ4v) is 4.83. The van der Waals surface area contributed by atoms with Crippen molar-refractivity contribution in [1.29, 1.82) is 0 Å². The Kier molecular flexibility index (Phi) is 7.44. The Balaban J connectivity index is 1.55. The lowest BCUT2D eigenvalue weighted by molar-refractivity contribution is -0.118. The summed E-state index contributed by atoms with van der Waals surface area (Å²) in [5.41, 5.74) is 2.37. The van der Waals surface area contributed by atoms with E-state index in [0.717, 1.165) is 28.2 Å². The van der Waals surface area contributed by atoms with Crippen LogP contribution >= 0.6 is 27.7 Å². The van der Waals surface area contributed by atoms with Crippen molar-refractivity contribution >= 4 is 33.6 Å². The second kappa shape index (κ2) is 9.80. The highest BCUT2D eigenvalue weighted by molar-refractivity contribution is 9.10. The Labute approximate surface area is 174 Å². The number of rotatable bonds is 7. The van der Waals surface area contributed by atoms with E-state index in [1.54, 1.807) is 18.0 Å². The first-order chi connectivity index (χ1) is 13.0. The molecule has 146 valence electrons. The van der Waals surface area contributed by atoms with Gasteiger partial charge >= 0.3 is 0 Å². The van der Waals surface area contributed by atoms with E-state index in [2.05, 4.69) is 52.1 Å². The number of furan rings is 1. The Morgan fingerprint density at radius 2 is 2.04 bits per heavy atom. The topological polar surface area (TPSA) is 45.5 Å². The van der Waals surface area contributed by atoms with Crippen molar-refractivity contribution in [1.82, 2.24) is 10.2 Å². The van der Waals surface area contributed by atoms with Crippen LogP contribution in [0.15, 0.2) is 44.3 Å². The predicted molar refractivity (Wildman–Crippen MR) is 114 cm³/mol. The van der Waals surface area contributed by atoms with Crippen molar-refractivity contribution in [2.45, 2.75) is 44.0 Å². The molecule has 0 radical (unpaired) electrons. The molecule has 6 heteroatoms. The standard InChI is InChI=1S/C21H27BrN2O2S/c1-15-12-20(16(2)11-17(15)22)27-14-21(25)23-13-18(19-7-6-10-26-19)24-8-4-3-5-9-24/h6-7,10-12,18H,3-5,8-9,13-14H2,1-2H3,(H,23,25)/t18-/m1/s1. The van der Waals surface area contributed by atoms with Crippen LogP contribution in [0.1, 0.15) is 42.2 Å². The van der Waals surface area contributed by atoms with Crippen molar-refractivity contribution in [3.05, 3.63) is 51.9 Å². The molecule has 4 nitrogen and oxygen atoms in total. The lowest BCUT2D eigenvalue weighted by Gasteiger charge is -2.33. The van der Waals surface area contributed by atoms with Crippen LogP contribution in [0.4, 0.5) is 0 Å². The number of thioether (sulfide) groups is 1. The zero-order valence-electron chi connectivity index (χ0n) is 16.0. The quantitative estimate of drug-likeness (QED) is 0.596. The zero-order valence-corrected chi connectivity index (χ0v) is 18.4. The molecule has 1 amide bonds. The van der Waals surface area contributed by atoms with Crippen LogP contribution in [-0.4, -0.2) is 36.2 Å². The van der Waals surface area contributed by atoms with E-state index in [0.29, 0.717) is 12.3 Å². The van der Waals surface area contributed by atoms with Gasteiger partial charge in [-0.25, -0.2) is 0 Å². The van der Waals surface area contributed by atoms with Gasteiger partial charge in [0.05, 0.1) is 18.1 Å². The van der Waals surface area contributed by atoms with Crippen molar-refractivity contribution in [2.75, 3.05) is 25.4 Å². The number of carbonyl (C=O) groups excluding carboxylic acids is 1. The van der Waals surface area contributed by atoms with Crippen molar-refractivity contribution in [3.63, 3.8) is 0 Å². The minimum absolute atomic E-state index is 0.0635. The molecule has 2 heterocycles. The molecule has 1 aromatic heterocycles.